The van der Waals surface area contributed by atoms with Crippen LogP contribution in [0.25, 0.3) is 11.0 Å². The molecule has 222 valence electrons. The second-order valence-electron chi connectivity index (χ2n) is 11.7. The number of piperidine rings is 1. The first-order valence-corrected chi connectivity index (χ1v) is 13.8. The van der Waals surface area contributed by atoms with Crippen molar-refractivity contribution in [1.29, 1.82) is 5.26 Å². The topological polar surface area (TPSA) is 154 Å². The molecule has 0 spiro atoms. The minimum absolute atomic E-state index is 0.0564. The lowest BCUT2D eigenvalue weighted by atomic mass is 9.89. The maximum Gasteiger partial charge on any atom is 0.408 e. The summed E-state index contributed by atoms with van der Waals surface area (Å²) in [7, 11) is 1.91. The minimum Gasteiger partial charge on any atom is -0.479 e. The molecule has 3 atom stereocenters. The summed E-state index contributed by atoms with van der Waals surface area (Å²) in [5, 5.41) is 22.9. The van der Waals surface area contributed by atoms with Crippen LogP contribution in [0.5, 0.6) is 0 Å². The summed E-state index contributed by atoms with van der Waals surface area (Å²) in [5.41, 5.74) is -1.84. The van der Waals surface area contributed by atoms with Crippen molar-refractivity contribution >= 4 is 34.8 Å². The molecule has 1 aliphatic rings. The summed E-state index contributed by atoms with van der Waals surface area (Å²) < 4.78 is 7.12. The van der Waals surface area contributed by atoms with Gasteiger partial charge in [0.05, 0.1) is 24.0 Å². The van der Waals surface area contributed by atoms with Gasteiger partial charge in [0.1, 0.15) is 29.8 Å². The van der Waals surface area contributed by atoms with Crippen LogP contribution < -0.4 is 10.2 Å². The van der Waals surface area contributed by atoms with Crippen LogP contribution in [0, 0.1) is 17.2 Å². The number of benzene rings is 1. The Bertz CT molecular complexity index is 1490. The van der Waals surface area contributed by atoms with E-state index in [1.807, 2.05) is 24.1 Å². The second kappa shape index (κ2) is 12.1. The van der Waals surface area contributed by atoms with E-state index in [0.29, 0.717) is 35.5 Å². The highest BCUT2D eigenvalue weighted by molar-refractivity contribution is 5.89. The van der Waals surface area contributed by atoms with Crippen LogP contribution in [0.4, 0.5) is 10.6 Å². The number of nitrogens with zero attached hydrogens (tertiary/aromatic N) is 6. The molecule has 0 aliphatic carbocycles. The molecule has 1 fully saturated rings. The van der Waals surface area contributed by atoms with Gasteiger partial charge >= 0.3 is 12.1 Å². The number of carbonyl (C=O) groups is 3. The predicted octanol–water partition coefficient (Wildman–Crippen LogP) is 3.52. The monoisotopic (exact) mass is 575 g/mol. The lowest BCUT2D eigenvalue weighted by molar-refractivity contribution is -0.146. The van der Waals surface area contributed by atoms with Crippen molar-refractivity contribution < 1.29 is 24.2 Å². The maximum absolute atomic E-state index is 13.0. The third-order valence-corrected chi connectivity index (χ3v) is 7.62. The standard InChI is InChI=1S/C30H37N7O5/c1-20-12-15-36(24(38)11-14-31)17-23(20)35(5)25-22-13-16-37(26(22)33-19-32-25)18-30(27(39)40,21-9-7-6-8-10-21)34-28(41)42-29(2,3)4/h6-10,13,16,19-20,23H,11-12,15,17-18H2,1-5H3,(H,34,41)(H,39,40)/t20-,23+,30?/m1/s1. The molecule has 0 saturated carbocycles. The van der Waals surface area contributed by atoms with Crippen LogP contribution in [-0.2, 0) is 26.4 Å². The molecule has 1 aromatic carbocycles. The molecule has 1 aliphatic heterocycles. The van der Waals surface area contributed by atoms with Gasteiger partial charge in [-0.2, -0.15) is 5.26 Å². The Balaban J connectivity index is 1.71. The van der Waals surface area contributed by atoms with Crippen molar-refractivity contribution in [3.63, 3.8) is 0 Å². The highest BCUT2D eigenvalue weighted by atomic mass is 16.6. The first kappa shape index (κ1) is 30.3. The zero-order valence-corrected chi connectivity index (χ0v) is 24.6. The highest BCUT2D eigenvalue weighted by Gasteiger charge is 2.44. The number of amides is 2. The second-order valence-corrected chi connectivity index (χ2v) is 11.7. The fraction of sp³-hybridized carbons (Fsp3) is 0.467. The van der Waals surface area contributed by atoms with Crippen LogP contribution in [0.2, 0.25) is 0 Å². The van der Waals surface area contributed by atoms with Crippen LogP contribution in [0.1, 0.15) is 46.1 Å². The molecule has 1 unspecified atom stereocenters. The van der Waals surface area contributed by atoms with Gasteiger partial charge in [-0.1, -0.05) is 37.3 Å². The number of anilines is 1. The van der Waals surface area contributed by atoms with Gasteiger partial charge in [-0.25, -0.2) is 19.6 Å². The number of carboxylic acid groups (broad SMARTS) is 1. The Kier molecular flexibility index (Phi) is 8.70. The van der Waals surface area contributed by atoms with Crippen molar-refractivity contribution in [2.75, 3.05) is 25.0 Å². The number of likely N-dealkylation sites (tertiary alicyclic amines) is 1. The number of aliphatic carboxylic acids is 1. The Morgan fingerprint density at radius 2 is 1.90 bits per heavy atom. The van der Waals surface area contributed by atoms with E-state index in [1.165, 1.54) is 6.33 Å². The van der Waals surface area contributed by atoms with Gasteiger partial charge < -0.3 is 24.2 Å². The van der Waals surface area contributed by atoms with Crippen molar-refractivity contribution in [2.45, 2.75) is 64.3 Å². The van der Waals surface area contributed by atoms with Crippen molar-refractivity contribution in [2.24, 2.45) is 5.92 Å². The van der Waals surface area contributed by atoms with Crippen LogP contribution in [0.3, 0.4) is 0 Å². The number of alkyl carbamates (subject to hydrolysis) is 1. The van der Waals surface area contributed by atoms with Gasteiger partial charge in [0.15, 0.2) is 5.54 Å². The largest absolute Gasteiger partial charge is 0.479 e. The Morgan fingerprint density at radius 3 is 2.55 bits per heavy atom. The Hall–Kier alpha value is -4.66. The van der Waals surface area contributed by atoms with E-state index in [0.717, 1.165) is 6.42 Å². The number of carboxylic acids is 1. The molecule has 4 rings (SSSR count). The van der Waals surface area contributed by atoms with E-state index in [2.05, 4.69) is 22.2 Å². The zero-order valence-electron chi connectivity index (χ0n) is 24.6. The minimum atomic E-state index is -1.87. The number of hydrogen-bond acceptors (Lipinski definition) is 8. The lowest BCUT2D eigenvalue weighted by Crippen LogP contribution is -2.55. The number of rotatable bonds is 8. The highest BCUT2D eigenvalue weighted by Crippen LogP contribution is 2.32. The fourth-order valence-electron chi connectivity index (χ4n) is 5.42. The SMILES string of the molecule is C[C@@H]1CCN(C(=O)CC#N)C[C@@H]1N(C)c1ncnc2c1ccn2CC(NC(=O)OC(C)(C)C)(C(=O)O)c1ccccc1. The van der Waals surface area contributed by atoms with Gasteiger partial charge in [-0.3, -0.25) is 10.1 Å². The van der Waals surface area contributed by atoms with E-state index < -0.39 is 23.2 Å². The van der Waals surface area contributed by atoms with Gasteiger partial charge in [0.2, 0.25) is 5.91 Å². The van der Waals surface area contributed by atoms with Gasteiger partial charge in [-0.15, -0.1) is 0 Å². The first-order valence-electron chi connectivity index (χ1n) is 13.8. The van der Waals surface area contributed by atoms with E-state index >= 15 is 0 Å². The fourth-order valence-corrected chi connectivity index (χ4v) is 5.42. The van der Waals surface area contributed by atoms with E-state index in [9.17, 15) is 19.5 Å². The third kappa shape index (κ3) is 6.30. The summed E-state index contributed by atoms with van der Waals surface area (Å²) in [6.45, 7) is 8.13. The third-order valence-electron chi connectivity index (χ3n) is 7.62. The molecule has 12 nitrogen and oxygen atoms in total. The van der Waals surface area contributed by atoms with E-state index in [4.69, 9.17) is 10.00 Å². The molecular weight excluding hydrogens is 538 g/mol. The smallest absolute Gasteiger partial charge is 0.408 e. The first-order chi connectivity index (χ1) is 19.9. The number of nitrogens with one attached hydrogen (secondary N) is 1. The molecule has 12 heteroatoms. The summed E-state index contributed by atoms with van der Waals surface area (Å²) in [4.78, 5) is 51.1. The van der Waals surface area contributed by atoms with Crippen molar-refractivity contribution in [3.8, 4) is 6.07 Å². The number of ether oxygens (including phenoxy) is 1. The number of fused-ring (bicyclic) bond motifs is 1. The van der Waals surface area contributed by atoms with Gasteiger partial charge in [0, 0.05) is 26.3 Å². The number of aromatic nitrogens is 3. The summed E-state index contributed by atoms with van der Waals surface area (Å²) >= 11 is 0. The normalized spacial score (nSPS) is 18.5. The maximum atomic E-state index is 13.0. The molecule has 3 aromatic rings. The molecular formula is C30H37N7O5. The molecule has 2 N–H and O–H groups in total. The Morgan fingerprint density at radius 1 is 1.19 bits per heavy atom. The molecule has 0 bridgehead atoms. The molecule has 42 heavy (non-hydrogen) atoms. The number of likely N-dealkylation sites (N-methyl/N-ethyl adjacent to an activating group) is 1. The number of hydrogen-bond donors (Lipinski definition) is 2. The average Bonchev–Trinajstić information content (AvgIpc) is 3.34. The lowest BCUT2D eigenvalue weighted by Gasteiger charge is -2.42. The van der Waals surface area contributed by atoms with Crippen molar-refractivity contribution in [3.05, 3.63) is 54.5 Å². The quantitative estimate of drug-likeness (QED) is 0.411. The zero-order chi connectivity index (χ0) is 30.7. The molecule has 2 amide bonds. The summed E-state index contributed by atoms with van der Waals surface area (Å²) in [5.74, 6) is -0.564. The summed E-state index contributed by atoms with van der Waals surface area (Å²) in [6, 6.07) is 12.2. The Labute approximate surface area is 244 Å². The predicted molar refractivity (Wildman–Crippen MR) is 155 cm³/mol. The molecule has 1 saturated heterocycles. The average molecular weight is 576 g/mol. The summed E-state index contributed by atoms with van der Waals surface area (Å²) in [6.07, 6.45) is 2.91. The van der Waals surface area contributed by atoms with E-state index in [1.54, 1.807) is 66.8 Å². The number of nitriles is 1. The molecule has 3 heterocycles. The molecule has 0 radical (unpaired) electrons. The number of carbonyl (C=O) groups excluding carboxylic acids is 2. The van der Waals surface area contributed by atoms with Gasteiger partial charge in [0.25, 0.3) is 0 Å². The van der Waals surface area contributed by atoms with Crippen LogP contribution in [0.15, 0.2) is 48.9 Å². The molecule has 2 aromatic heterocycles. The van der Waals surface area contributed by atoms with Crippen molar-refractivity contribution in [1.82, 2.24) is 24.8 Å². The van der Waals surface area contributed by atoms with Crippen LogP contribution >= 0.6 is 0 Å². The van der Waals surface area contributed by atoms with Crippen LogP contribution in [-0.4, -0.2) is 74.3 Å². The van der Waals surface area contributed by atoms with Gasteiger partial charge in [-0.05, 0) is 44.7 Å². The van der Waals surface area contributed by atoms with E-state index in [-0.39, 0.29) is 30.8 Å².